The van der Waals surface area contributed by atoms with Crippen molar-refractivity contribution < 1.29 is 0 Å². The second-order valence-corrected chi connectivity index (χ2v) is 7.24. The zero-order valence-corrected chi connectivity index (χ0v) is 17.1. The summed E-state index contributed by atoms with van der Waals surface area (Å²) < 4.78 is 0. The Bertz CT molecular complexity index is 910. The largest absolute Gasteiger partial charge is 0.361 e. The molecule has 0 fully saturated rings. The number of para-hydroxylation sites is 1. The highest BCUT2D eigenvalue weighted by atomic mass is 15.2. The fourth-order valence-electron chi connectivity index (χ4n) is 3.37. The van der Waals surface area contributed by atoms with Crippen LogP contribution >= 0.6 is 0 Å². The normalized spacial score (nSPS) is 11.9. The van der Waals surface area contributed by atoms with Crippen LogP contribution in [0, 0.1) is 0 Å². The van der Waals surface area contributed by atoms with E-state index in [4.69, 9.17) is 4.99 Å². The van der Waals surface area contributed by atoms with Crippen LogP contribution in [-0.4, -0.2) is 43.0 Å². The smallest absolute Gasteiger partial charge is 0.191 e. The number of nitrogens with one attached hydrogen (secondary N) is 3. The topological polar surface area (TPSA) is 55.5 Å². The van der Waals surface area contributed by atoms with Crippen molar-refractivity contribution in [1.29, 1.82) is 0 Å². The van der Waals surface area contributed by atoms with E-state index in [1.807, 2.05) is 0 Å². The molecule has 0 aliphatic carbocycles. The van der Waals surface area contributed by atoms with E-state index in [1.54, 1.807) is 0 Å². The van der Waals surface area contributed by atoms with Crippen LogP contribution < -0.4 is 10.6 Å². The Morgan fingerprint density at radius 3 is 2.50 bits per heavy atom. The lowest BCUT2D eigenvalue weighted by Gasteiger charge is -2.14. The molecule has 0 saturated carbocycles. The first-order valence-corrected chi connectivity index (χ1v) is 9.96. The SMILES string of the molecule is CCNC(=NCc1ccccc1CN(C)C)NCCc1c[nH]c2ccccc12. The molecule has 3 rings (SSSR count). The quantitative estimate of drug-likeness (QED) is 0.416. The molecule has 0 spiro atoms. The Kier molecular flexibility index (Phi) is 7.09. The Morgan fingerprint density at radius 2 is 1.71 bits per heavy atom. The summed E-state index contributed by atoms with van der Waals surface area (Å²) in [5, 5.41) is 8.11. The van der Waals surface area contributed by atoms with Gasteiger partial charge in [-0.05, 0) is 50.2 Å². The maximum Gasteiger partial charge on any atom is 0.191 e. The number of aliphatic imine (C=N–C) groups is 1. The summed E-state index contributed by atoms with van der Waals surface area (Å²) in [7, 11) is 4.19. The standard InChI is InChI=1S/C23H31N5/c1-4-24-23(27-15-18-9-5-6-10-20(18)17-28(2)3)25-14-13-19-16-26-22-12-8-7-11-21(19)22/h5-12,16,26H,4,13-15,17H2,1-3H3,(H2,24,25,27). The zero-order valence-electron chi connectivity index (χ0n) is 17.1. The van der Waals surface area contributed by atoms with Gasteiger partial charge in [0.2, 0.25) is 0 Å². The first-order valence-electron chi connectivity index (χ1n) is 9.96. The third-order valence-corrected chi connectivity index (χ3v) is 4.72. The van der Waals surface area contributed by atoms with Gasteiger partial charge in [0.05, 0.1) is 6.54 Å². The molecule has 148 valence electrons. The highest BCUT2D eigenvalue weighted by Gasteiger charge is 2.05. The van der Waals surface area contributed by atoms with E-state index in [0.717, 1.165) is 32.0 Å². The molecular weight excluding hydrogens is 346 g/mol. The number of aromatic amines is 1. The van der Waals surface area contributed by atoms with Crippen molar-refractivity contribution in [3.05, 3.63) is 71.4 Å². The number of aromatic nitrogens is 1. The minimum absolute atomic E-state index is 0.673. The van der Waals surface area contributed by atoms with Crippen LogP contribution in [0.2, 0.25) is 0 Å². The summed E-state index contributed by atoms with van der Waals surface area (Å²) in [5.41, 5.74) is 5.11. The van der Waals surface area contributed by atoms with Crippen LogP contribution in [0.15, 0.2) is 59.7 Å². The lowest BCUT2D eigenvalue weighted by molar-refractivity contribution is 0.401. The Balaban J connectivity index is 1.62. The lowest BCUT2D eigenvalue weighted by atomic mass is 10.1. The minimum Gasteiger partial charge on any atom is -0.361 e. The third-order valence-electron chi connectivity index (χ3n) is 4.72. The summed E-state index contributed by atoms with van der Waals surface area (Å²) in [6.45, 7) is 5.38. The lowest BCUT2D eigenvalue weighted by Crippen LogP contribution is -2.38. The van der Waals surface area contributed by atoms with Gasteiger partial charge in [0.15, 0.2) is 5.96 Å². The number of fused-ring (bicyclic) bond motifs is 1. The van der Waals surface area contributed by atoms with E-state index in [1.165, 1.54) is 27.6 Å². The molecule has 5 nitrogen and oxygen atoms in total. The number of hydrogen-bond acceptors (Lipinski definition) is 2. The Morgan fingerprint density at radius 1 is 0.964 bits per heavy atom. The molecule has 3 aromatic rings. The fraction of sp³-hybridized carbons (Fsp3) is 0.348. The van der Waals surface area contributed by atoms with Gasteiger partial charge in [-0.2, -0.15) is 0 Å². The molecule has 1 aromatic heterocycles. The molecule has 0 unspecified atom stereocenters. The van der Waals surface area contributed by atoms with Crippen LogP contribution in [0.1, 0.15) is 23.6 Å². The molecular formula is C23H31N5. The average Bonchev–Trinajstić information content (AvgIpc) is 3.10. The number of rotatable bonds is 8. The molecule has 0 aliphatic heterocycles. The molecule has 28 heavy (non-hydrogen) atoms. The molecule has 5 heteroatoms. The van der Waals surface area contributed by atoms with Gasteiger partial charge in [0.25, 0.3) is 0 Å². The molecule has 0 aliphatic rings. The van der Waals surface area contributed by atoms with Gasteiger partial charge in [-0.15, -0.1) is 0 Å². The van der Waals surface area contributed by atoms with Gasteiger partial charge in [0, 0.05) is 36.7 Å². The van der Waals surface area contributed by atoms with Crippen molar-refractivity contribution in [1.82, 2.24) is 20.5 Å². The molecule has 0 saturated heterocycles. The van der Waals surface area contributed by atoms with Crippen molar-refractivity contribution in [2.75, 3.05) is 27.2 Å². The Hall–Kier alpha value is -2.79. The molecule has 1 heterocycles. The maximum atomic E-state index is 4.80. The van der Waals surface area contributed by atoms with Gasteiger partial charge in [-0.1, -0.05) is 42.5 Å². The molecule has 0 amide bonds. The van der Waals surface area contributed by atoms with Crippen molar-refractivity contribution in [2.24, 2.45) is 4.99 Å². The highest BCUT2D eigenvalue weighted by Crippen LogP contribution is 2.17. The van der Waals surface area contributed by atoms with Gasteiger partial charge in [-0.25, -0.2) is 4.99 Å². The van der Waals surface area contributed by atoms with Crippen LogP contribution in [0.5, 0.6) is 0 Å². The van der Waals surface area contributed by atoms with E-state index >= 15 is 0 Å². The maximum absolute atomic E-state index is 4.80. The molecule has 0 radical (unpaired) electrons. The number of guanidine groups is 1. The van der Waals surface area contributed by atoms with Gasteiger partial charge in [0.1, 0.15) is 0 Å². The summed E-state index contributed by atoms with van der Waals surface area (Å²) in [6.07, 6.45) is 3.06. The predicted molar refractivity (Wildman–Crippen MR) is 119 cm³/mol. The van der Waals surface area contributed by atoms with Crippen LogP contribution in [0.4, 0.5) is 0 Å². The second-order valence-electron chi connectivity index (χ2n) is 7.24. The van der Waals surface area contributed by atoms with Gasteiger partial charge < -0.3 is 20.5 Å². The van der Waals surface area contributed by atoms with E-state index in [2.05, 4.69) is 96.3 Å². The van der Waals surface area contributed by atoms with Crippen LogP contribution in [0.3, 0.4) is 0 Å². The van der Waals surface area contributed by atoms with E-state index in [0.29, 0.717) is 6.54 Å². The Labute approximate surface area is 167 Å². The van der Waals surface area contributed by atoms with Crippen LogP contribution in [-0.2, 0) is 19.5 Å². The molecule has 3 N–H and O–H groups in total. The second kappa shape index (κ2) is 9.95. The summed E-state index contributed by atoms with van der Waals surface area (Å²) in [4.78, 5) is 10.3. The van der Waals surface area contributed by atoms with E-state index in [-0.39, 0.29) is 0 Å². The van der Waals surface area contributed by atoms with Crippen molar-refractivity contribution >= 4 is 16.9 Å². The summed E-state index contributed by atoms with van der Waals surface area (Å²) in [6, 6.07) is 17.0. The van der Waals surface area contributed by atoms with Crippen LogP contribution in [0.25, 0.3) is 10.9 Å². The monoisotopic (exact) mass is 377 g/mol. The van der Waals surface area contributed by atoms with Gasteiger partial charge >= 0.3 is 0 Å². The molecule has 0 bridgehead atoms. The third kappa shape index (κ3) is 5.36. The van der Waals surface area contributed by atoms with Crippen molar-refractivity contribution in [3.8, 4) is 0 Å². The first kappa shape index (κ1) is 20.0. The predicted octanol–water partition coefficient (Wildman–Crippen LogP) is 3.53. The fourth-order valence-corrected chi connectivity index (χ4v) is 3.37. The van der Waals surface area contributed by atoms with Crippen molar-refractivity contribution in [2.45, 2.75) is 26.4 Å². The number of hydrogen-bond donors (Lipinski definition) is 3. The number of H-pyrrole nitrogens is 1. The summed E-state index contributed by atoms with van der Waals surface area (Å²) in [5.74, 6) is 0.863. The number of nitrogens with zero attached hydrogens (tertiary/aromatic N) is 2. The molecule has 0 atom stereocenters. The zero-order chi connectivity index (χ0) is 19.8. The van der Waals surface area contributed by atoms with E-state index in [9.17, 15) is 0 Å². The highest BCUT2D eigenvalue weighted by molar-refractivity contribution is 5.83. The molecule has 2 aromatic carbocycles. The average molecular weight is 378 g/mol. The van der Waals surface area contributed by atoms with Gasteiger partial charge in [-0.3, -0.25) is 0 Å². The minimum atomic E-state index is 0.673. The number of benzene rings is 2. The summed E-state index contributed by atoms with van der Waals surface area (Å²) >= 11 is 0. The first-order chi connectivity index (χ1) is 13.7. The van der Waals surface area contributed by atoms with E-state index < -0.39 is 0 Å². The van der Waals surface area contributed by atoms with Crippen molar-refractivity contribution in [3.63, 3.8) is 0 Å².